The molecule has 0 saturated carbocycles. The van der Waals surface area contributed by atoms with Gasteiger partial charge in [0.05, 0.1) is 5.75 Å². The molecule has 0 aliphatic rings. The number of aryl methyl sites for hydroxylation is 3. The number of allylic oxidation sites excluding steroid dienone is 1. The van der Waals surface area contributed by atoms with Crippen molar-refractivity contribution in [3.05, 3.63) is 47.8 Å². The number of benzene rings is 1. The highest BCUT2D eigenvalue weighted by atomic mass is 32.2. The molecule has 0 spiro atoms. The monoisotopic (exact) mass is 316 g/mol. The molecule has 0 aliphatic carbocycles. The van der Waals surface area contributed by atoms with Gasteiger partial charge in [-0.1, -0.05) is 23.9 Å². The molecule has 0 aliphatic heterocycles. The minimum absolute atomic E-state index is 0.0548. The van der Waals surface area contributed by atoms with Crippen LogP contribution in [0.25, 0.3) is 0 Å². The summed E-state index contributed by atoms with van der Waals surface area (Å²) in [4.78, 5) is 12.1. The van der Waals surface area contributed by atoms with Gasteiger partial charge in [0.1, 0.15) is 5.82 Å². The van der Waals surface area contributed by atoms with Gasteiger partial charge >= 0.3 is 0 Å². The van der Waals surface area contributed by atoms with E-state index >= 15 is 0 Å². The second kappa shape index (κ2) is 7.26. The summed E-state index contributed by atoms with van der Waals surface area (Å²) < 4.78 is 1.93. The summed E-state index contributed by atoms with van der Waals surface area (Å²) in [6.45, 7) is 10.3. The molecule has 0 saturated heterocycles. The smallest absolute Gasteiger partial charge is 0.234 e. The maximum absolute atomic E-state index is 12.1. The SMILES string of the molecule is C=CCn1c(C)nnc1SCC(=O)Nc1cc(C)cc(C)c1. The van der Waals surface area contributed by atoms with Crippen LogP contribution in [0, 0.1) is 20.8 Å². The molecule has 5 nitrogen and oxygen atoms in total. The van der Waals surface area contributed by atoms with Crippen molar-refractivity contribution in [3.8, 4) is 0 Å². The molecule has 0 bridgehead atoms. The molecule has 116 valence electrons. The fourth-order valence-electron chi connectivity index (χ4n) is 2.18. The summed E-state index contributed by atoms with van der Waals surface area (Å²) in [6.07, 6.45) is 1.79. The number of hydrogen-bond acceptors (Lipinski definition) is 4. The van der Waals surface area contributed by atoms with Crippen LogP contribution in [0.15, 0.2) is 36.0 Å². The third-order valence-corrected chi connectivity index (χ3v) is 4.02. The fraction of sp³-hybridized carbons (Fsp3) is 0.312. The zero-order chi connectivity index (χ0) is 16.1. The van der Waals surface area contributed by atoms with E-state index in [1.807, 2.05) is 37.5 Å². The molecule has 0 unspecified atom stereocenters. The number of anilines is 1. The van der Waals surface area contributed by atoms with Gasteiger partial charge in [-0.3, -0.25) is 4.79 Å². The van der Waals surface area contributed by atoms with Gasteiger partial charge in [0.2, 0.25) is 5.91 Å². The number of thioether (sulfide) groups is 1. The van der Waals surface area contributed by atoms with E-state index in [0.717, 1.165) is 27.8 Å². The molecular formula is C16H20N4OS. The lowest BCUT2D eigenvalue weighted by Crippen LogP contribution is -2.15. The molecule has 6 heteroatoms. The lowest BCUT2D eigenvalue weighted by atomic mass is 10.1. The molecule has 2 aromatic rings. The summed E-state index contributed by atoms with van der Waals surface area (Å²) in [5.41, 5.74) is 3.08. The Bertz CT molecular complexity index is 673. The van der Waals surface area contributed by atoms with Crippen molar-refractivity contribution in [3.63, 3.8) is 0 Å². The van der Waals surface area contributed by atoms with Crippen molar-refractivity contribution in [2.45, 2.75) is 32.5 Å². The largest absolute Gasteiger partial charge is 0.325 e. The van der Waals surface area contributed by atoms with E-state index < -0.39 is 0 Å². The molecule has 0 fully saturated rings. The summed E-state index contributed by atoms with van der Waals surface area (Å²) in [5, 5.41) is 11.8. The first-order valence-electron chi connectivity index (χ1n) is 7.01. The third-order valence-electron chi connectivity index (χ3n) is 3.05. The predicted octanol–water partition coefficient (Wildman–Crippen LogP) is 3.12. The zero-order valence-corrected chi connectivity index (χ0v) is 13.9. The maximum atomic E-state index is 12.1. The lowest BCUT2D eigenvalue weighted by Gasteiger charge is -2.08. The second-order valence-corrected chi connectivity index (χ2v) is 6.08. The highest BCUT2D eigenvalue weighted by Gasteiger charge is 2.11. The Morgan fingerprint density at radius 3 is 2.59 bits per heavy atom. The van der Waals surface area contributed by atoms with Crippen LogP contribution in [0.3, 0.4) is 0 Å². The molecule has 1 heterocycles. The van der Waals surface area contributed by atoms with Crippen molar-refractivity contribution in [1.29, 1.82) is 0 Å². The number of amides is 1. The average molecular weight is 316 g/mol. The molecule has 1 N–H and O–H groups in total. The van der Waals surface area contributed by atoms with Crippen LogP contribution in [0.2, 0.25) is 0 Å². The number of nitrogens with one attached hydrogen (secondary N) is 1. The van der Waals surface area contributed by atoms with Crippen molar-refractivity contribution in [2.24, 2.45) is 0 Å². The van der Waals surface area contributed by atoms with Crippen LogP contribution in [-0.4, -0.2) is 26.4 Å². The van der Waals surface area contributed by atoms with E-state index in [1.165, 1.54) is 11.8 Å². The number of carbonyl (C=O) groups is 1. The van der Waals surface area contributed by atoms with E-state index in [1.54, 1.807) is 6.08 Å². The van der Waals surface area contributed by atoms with Gasteiger partial charge in [0.15, 0.2) is 5.16 Å². The minimum Gasteiger partial charge on any atom is -0.325 e. The Balaban J connectivity index is 1.97. The number of carbonyl (C=O) groups excluding carboxylic acids is 1. The Morgan fingerprint density at radius 2 is 1.95 bits per heavy atom. The first-order chi connectivity index (χ1) is 10.5. The Hall–Kier alpha value is -2.08. The fourth-order valence-corrected chi connectivity index (χ4v) is 2.98. The second-order valence-electron chi connectivity index (χ2n) is 5.14. The van der Waals surface area contributed by atoms with Crippen molar-refractivity contribution >= 4 is 23.4 Å². The van der Waals surface area contributed by atoms with E-state index in [9.17, 15) is 4.79 Å². The van der Waals surface area contributed by atoms with E-state index in [-0.39, 0.29) is 5.91 Å². The van der Waals surface area contributed by atoms with Crippen LogP contribution >= 0.6 is 11.8 Å². The van der Waals surface area contributed by atoms with Gasteiger partial charge in [-0.05, 0) is 44.0 Å². The molecule has 0 radical (unpaired) electrons. The summed E-state index contributed by atoms with van der Waals surface area (Å²) in [7, 11) is 0. The maximum Gasteiger partial charge on any atom is 0.234 e. The van der Waals surface area contributed by atoms with Crippen LogP contribution < -0.4 is 5.32 Å². The lowest BCUT2D eigenvalue weighted by molar-refractivity contribution is -0.113. The first-order valence-corrected chi connectivity index (χ1v) is 8.00. The normalized spacial score (nSPS) is 10.5. The van der Waals surface area contributed by atoms with Gasteiger partial charge in [-0.15, -0.1) is 16.8 Å². The zero-order valence-electron chi connectivity index (χ0n) is 13.1. The van der Waals surface area contributed by atoms with E-state index in [4.69, 9.17) is 0 Å². The topological polar surface area (TPSA) is 59.8 Å². The van der Waals surface area contributed by atoms with Crippen LogP contribution in [0.5, 0.6) is 0 Å². The molecule has 2 rings (SSSR count). The predicted molar refractivity (Wildman–Crippen MR) is 90.2 cm³/mol. The van der Waals surface area contributed by atoms with Crippen LogP contribution in [-0.2, 0) is 11.3 Å². The highest BCUT2D eigenvalue weighted by molar-refractivity contribution is 7.99. The van der Waals surface area contributed by atoms with Gasteiger partial charge in [0, 0.05) is 12.2 Å². The van der Waals surface area contributed by atoms with Gasteiger partial charge in [0.25, 0.3) is 0 Å². The Kier molecular flexibility index (Phi) is 5.38. The van der Waals surface area contributed by atoms with Crippen molar-refractivity contribution < 1.29 is 4.79 Å². The Morgan fingerprint density at radius 1 is 1.27 bits per heavy atom. The minimum atomic E-state index is -0.0548. The summed E-state index contributed by atoms with van der Waals surface area (Å²) >= 11 is 1.37. The highest BCUT2D eigenvalue weighted by Crippen LogP contribution is 2.18. The van der Waals surface area contributed by atoms with Crippen molar-refractivity contribution in [2.75, 3.05) is 11.1 Å². The molecular weight excluding hydrogens is 296 g/mol. The van der Waals surface area contributed by atoms with Gasteiger partial charge in [-0.25, -0.2) is 0 Å². The molecule has 1 amide bonds. The number of aromatic nitrogens is 3. The summed E-state index contributed by atoms with van der Waals surface area (Å²) in [6, 6.07) is 5.99. The average Bonchev–Trinajstić information content (AvgIpc) is 2.77. The van der Waals surface area contributed by atoms with Crippen LogP contribution in [0.1, 0.15) is 17.0 Å². The van der Waals surface area contributed by atoms with E-state index in [0.29, 0.717) is 12.3 Å². The first kappa shape index (κ1) is 16.3. The van der Waals surface area contributed by atoms with Crippen LogP contribution in [0.4, 0.5) is 5.69 Å². The number of hydrogen-bond donors (Lipinski definition) is 1. The Labute approximate surface area is 134 Å². The standard InChI is InChI=1S/C16H20N4OS/c1-5-6-20-13(4)18-19-16(20)22-10-15(21)17-14-8-11(2)7-12(3)9-14/h5,7-9H,1,6,10H2,2-4H3,(H,17,21). The molecule has 1 aromatic heterocycles. The number of nitrogens with zero attached hydrogens (tertiary/aromatic N) is 3. The van der Waals surface area contributed by atoms with Gasteiger partial charge in [-0.2, -0.15) is 0 Å². The molecule has 0 atom stereocenters. The molecule has 1 aromatic carbocycles. The molecule has 22 heavy (non-hydrogen) atoms. The van der Waals surface area contributed by atoms with Crippen molar-refractivity contribution in [1.82, 2.24) is 14.8 Å². The third kappa shape index (κ3) is 4.21. The number of rotatable bonds is 6. The van der Waals surface area contributed by atoms with Gasteiger partial charge < -0.3 is 9.88 Å². The quantitative estimate of drug-likeness (QED) is 0.657. The summed E-state index contributed by atoms with van der Waals surface area (Å²) in [5.74, 6) is 1.06. The van der Waals surface area contributed by atoms with E-state index in [2.05, 4.69) is 28.2 Å².